The first-order valence-electron chi connectivity index (χ1n) is 8.08. The van der Waals surface area contributed by atoms with E-state index in [9.17, 15) is 0 Å². The Bertz CT molecular complexity index is 850. The maximum absolute atomic E-state index is 4.64. The minimum absolute atomic E-state index is 0.466. The standard InChI is InChI=1S/C17H21N5S/c1-11-12(2)23-17-14(11)16(19-10-20-17)22-7-4-5-13(9-22)15-18-6-8-21(15)3/h6,8,10,13H,4-5,7,9H2,1-3H3/t13-/m0/s1. The van der Waals surface area contributed by atoms with Crippen LogP contribution in [-0.4, -0.2) is 32.6 Å². The highest BCUT2D eigenvalue weighted by atomic mass is 32.1. The van der Waals surface area contributed by atoms with E-state index in [-0.39, 0.29) is 0 Å². The fourth-order valence-corrected chi connectivity index (χ4v) is 4.55. The van der Waals surface area contributed by atoms with Crippen LogP contribution >= 0.6 is 11.3 Å². The first-order valence-corrected chi connectivity index (χ1v) is 8.89. The van der Waals surface area contributed by atoms with Crippen molar-refractivity contribution in [3.8, 4) is 0 Å². The summed E-state index contributed by atoms with van der Waals surface area (Å²) < 4.78 is 2.14. The first-order chi connectivity index (χ1) is 11.1. The van der Waals surface area contributed by atoms with E-state index in [1.807, 2.05) is 12.4 Å². The first kappa shape index (κ1) is 14.6. The van der Waals surface area contributed by atoms with E-state index < -0.39 is 0 Å². The molecular weight excluding hydrogens is 306 g/mol. The van der Waals surface area contributed by atoms with Gasteiger partial charge in [-0.3, -0.25) is 0 Å². The fourth-order valence-electron chi connectivity index (χ4n) is 3.55. The minimum atomic E-state index is 0.466. The number of nitrogens with zero attached hydrogens (tertiary/aromatic N) is 5. The summed E-state index contributed by atoms with van der Waals surface area (Å²) in [4.78, 5) is 18.5. The van der Waals surface area contributed by atoms with E-state index in [1.165, 1.54) is 34.5 Å². The quantitative estimate of drug-likeness (QED) is 0.723. The lowest BCUT2D eigenvalue weighted by molar-refractivity contribution is 0.479. The molecule has 0 bridgehead atoms. The van der Waals surface area contributed by atoms with E-state index in [0.717, 1.165) is 23.7 Å². The molecule has 0 N–H and O–H groups in total. The molecule has 1 saturated heterocycles. The van der Waals surface area contributed by atoms with Gasteiger partial charge in [0, 0.05) is 43.3 Å². The molecule has 120 valence electrons. The van der Waals surface area contributed by atoms with Gasteiger partial charge in [-0.15, -0.1) is 11.3 Å². The third-order valence-electron chi connectivity index (χ3n) is 4.89. The molecule has 0 saturated carbocycles. The van der Waals surface area contributed by atoms with Gasteiger partial charge < -0.3 is 9.47 Å². The molecule has 1 fully saturated rings. The molecule has 6 heteroatoms. The Balaban J connectivity index is 1.72. The van der Waals surface area contributed by atoms with Crippen LogP contribution in [0.3, 0.4) is 0 Å². The number of hydrogen-bond donors (Lipinski definition) is 0. The number of thiophene rings is 1. The van der Waals surface area contributed by atoms with Gasteiger partial charge in [-0.05, 0) is 32.3 Å². The van der Waals surface area contributed by atoms with Crippen molar-refractivity contribution in [1.82, 2.24) is 19.5 Å². The van der Waals surface area contributed by atoms with Crippen molar-refractivity contribution >= 4 is 27.4 Å². The molecule has 0 radical (unpaired) electrons. The van der Waals surface area contributed by atoms with Gasteiger partial charge in [0.2, 0.25) is 0 Å². The van der Waals surface area contributed by atoms with Crippen LogP contribution in [0, 0.1) is 13.8 Å². The molecule has 0 aromatic carbocycles. The van der Waals surface area contributed by atoms with Gasteiger partial charge in [0.25, 0.3) is 0 Å². The number of imidazole rings is 1. The molecule has 0 aliphatic carbocycles. The number of aryl methyl sites for hydroxylation is 3. The number of hydrogen-bond acceptors (Lipinski definition) is 5. The summed E-state index contributed by atoms with van der Waals surface area (Å²) in [5.74, 6) is 2.74. The Morgan fingerprint density at radius 1 is 1.22 bits per heavy atom. The third-order valence-corrected chi connectivity index (χ3v) is 6.01. The second kappa shape index (κ2) is 5.60. The largest absolute Gasteiger partial charge is 0.355 e. The lowest BCUT2D eigenvalue weighted by Gasteiger charge is -2.33. The highest BCUT2D eigenvalue weighted by Crippen LogP contribution is 2.36. The summed E-state index contributed by atoms with van der Waals surface area (Å²) in [6.45, 7) is 6.38. The zero-order chi connectivity index (χ0) is 16.0. The number of aromatic nitrogens is 4. The summed E-state index contributed by atoms with van der Waals surface area (Å²) in [5.41, 5.74) is 1.32. The van der Waals surface area contributed by atoms with E-state index >= 15 is 0 Å². The number of rotatable bonds is 2. The Morgan fingerprint density at radius 2 is 2.09 bits per heavy atom. The molecular formula is C17H21N5S. The molecule has 1 aliphatic heterocycles. The van der Waals surface area contributed by atoms with Gasteiger partial charge in [0.05, 0.1) is 5.39 Å². The normalized spacial score (nSPS) is 18.7. The zero-order valence-corrected chi connectivity index (χ0v) is 14.6. The molecule has 1 atom stereocenters. The van der Waals surface area contributed by atoms with Crippen LogP contribution in [0.25, 0.3) is 10.2 Å². The Morgan fingerprint density at radius 3 is 2.87 bits per heavy atom. The summed E-state index contributed by atoms with van der Waals surface area (Å²) in [5, 5.41) is 1.23. The van der Waals surface area contributed by atoms with Gasteiger partial charge in [0.1, 0.15) is 22.8 Å². The van der Waals surface area contributed by atoms with Gasteiger partial charge in [0.15, 0.2) is 0 Å². The summed E-state index contributed by atoms with van der Waals surface area (Å²) >= 11 is 1.76. The van der Waals surface area contributed by atoms with Gasteiger partial charge >= 0.3 is 0 Å². The highest BCUT2D eigenvalue weighted by Gasteiger charge is 2.26. The molecule has 23 heavy (non-hydrogen) atoms. The van der Waals surface area contributed by atoms with Crippen molar-refractivity contribution in [2.45, 2.75) is 32.6 Å². The SMILES string of the molecule is Cc1sc2ncnc(N3CCC[C@H](c4nccn4C)C3)c2c1C. The second-order valence-corrected chi connectivity index (χ2v) is 7.55. The fraction of sp³-hybridized carbons (Fsp3) is 0.471. The molecule has 0 spiro atoms. The van der Waals surface area contributed by atoms with Crippen molar-refractivity contribution < 1.29 is 0 Å². The predicted octanol–water partition coefficient (Wildman–Crippen LogP) is 3.43. The molecule has 4 rings (SSSR count). The number of anilines is 1. The van der Waals surface area contributed by atoms with Gasteiger partial charge in [-0.2, -0.15) is 0 Å². The molecule has 3 aromatic rings. The smallest absolute Gasteiger partial charge is 0.141 e. The van der Waals surface area contributed by atoms with Crippen molar-refractivity contribution in [3.05, 3.63) is 35.0 Å². The number of fused-ring (bicyclic) bond motifs is 1. The van der Waals surface area contributed by atoms with Crippen LogP contribution in [0.2, 0.25) is 0 Å². The molecule has 3 aromatic heterocycles. The molecule has 0 unspecified atom stereocenters. The molecule has 5 nitrogen and oxygen atoms in total. The number of piperidine rings is 1. The molecule has 0 amide bonds. The highest BCUT2D eigenvalue weighted by molar-refractivity contribution is 7.18. The maximum Gasteiger partial charge on any atom is 0.141 e. The lowest BCUT2D eigenvalue weighted by Crippen LogP contribution is -2.36. The van der Waals surface area contributed by atoms with Crippen molar-refractivity contribution in [2.24, 2.45) is 7.05 Å². The van der Waals surface area contributed by atoms with Crippen LogP contribution in [0.1, 0.15) is 35.0 Å². The van der Waals surface area contributed by atoms with E-state index in [1.54, 1.807) is 17.7 Å². The van der Waals surface area contributed by atoms with Crippen molar-refractivity contribution in [1.29, 1.82) is 0 Å². The van der Waals surface area contributed by atoms with E-state index in [4.69, 9.17) is 0 Å². The summed E-state index contributed by atoms with van der Waals surface area (Å²) in [6, 6.07) is 0. The monoisotopic (exact) mass is 327 g/mol. The van der Waals surface area contributed by atoms with Gasteiger partial charge in [-0.1, -0.05) is 0 Å². The maximum atomic E-state index is 4.64. The van der Waals surface area contributed by atoms with Crippen LogP contribution in [0.15, 0.2) is 18.7 Å². The Hall–Kier alpha value is -1.95. The minimum Gasteiger partial charge on any atom is -0.355 e. The molecule has 4 heterocycles. The molecule has 1 aliphatic rings. The second-order valence-electron chi connectivity index (χ2n) is 6.34. The zero-order valence-electron chi connectivity index (χ0n) is 13.8. The average Bonchev–Trinajstić information content (AvgIpc) is 3.11. The van der Waals surface area contributed by atoms with Crippen molar-refractivity contribution in [2.75, 3.05) is 18.0 Å². The Labute approximate surface area is 140 Å². The predicted molar refractivity (Wildman–Crippen MR) is 94.3 cm³/mol. The Kier molecular flexibility index (Phi) is 3.56. The van der Waals surface area contributed by atoms with Gasteiger partial charge in [-0.25, -0.2) is 15.0 Å². The van der Waals surface area contributed by atoms with Crippen molar-refractivity contribution in [3.63, 3.8) is 0 Å². The third kappa shape index (κ3) is 2.41. The van der Waals surface area contributed by atoms with E-state index in [0.29, 0.717) is 5.92 Å². The average molecular weight is 327 g/mol. The summed E-state index contributed by atoms with van der Waals surface area (Å²) in [6.07, 6.45) is 7.99. The summed E-state index contributed by atoms with van der Waals surface area (Å²) in [7, 11) is 2.08. The van der Waals surface area contributed by atoms with Crippen LogP contribution in [-0.2, 0) is 7.05 Å². The van der Waals surface area contributed by atoms with Crippen LogP contribution < -0.4 is 4.90 Å². The topological polar surface area (TPSA) is 46.8 Å². The van der Waals surface area contributed by atoms with Crippen LogP contribution in [0.4, 0.5) is 5.82 Å². The van der Waals surface area contributed by atoms with E-state index in [2.05, 4.69) is 45.3 Å². The van der Waals surface area contributed by atoms with Crippen LogP contribution in [0.5, 0.6) is 0 Å². The lowest BCUT2D eigenvalue weighted by atomic mass is 9.97.